The van der Waals surface area contributed by atoms with Crippen molar-refractivity contribution in [3.05, 3.63) is 29.8 Å². The fraction of sp³-hybridized carbons (Fsp3) is 0.529. The maximum absolute atomic E-state index is 12.5. The number of hydrogen-bond acceptors (Lipinski definition) is 2. The number of anilines is 1. The van der Waals surface area contributed by atoms with Gasteiger partial charge in [0.25, 0.3) is 0 Å². The Kier molecular flexibility index (Phi) is 5.81. The van der Waals surface area contributed by atoms with Crippen molar-refractivity contribution in [2.45, 2.75) is 26.2 Å². The van der Waals surface area contributed by atoms with E-state index in [-0.39, 0.29) is 12.5 Å². The summed E-state index contributed by atoms with van der Waals surface area (Å²) in [4.78, 5) is 20.6. The second kappa shape index (κ2) is 7.82. The molecule has 0 radical (unpaired) electrons. The molecule has 0 aromatic heterocycles. The van der Waals surface area contributed by atoms with Gasteiger partial charge >= 0.3 is 0 Å². The van der Waals surface area contributed by atoms with E-state index in [0.29, 0.717) is 0 Å². The molecule has 1 amide bonds. The van der Waals surface area contributed by atoms with E-state index in [9.17, 15) is 4.79 Å². The fourth-order valence-electron chi connectivity index (χ4n) is 2.73. The van der Waals surface area contributed by atoms with E-state index in [4.69, 9.17) is 0 Å². The van der Waals surface area contributed by atoms with Gasteiger partial charge in [0, 0.05) is 32.9 Å². The van der Waals surface area contributed by atoms with Crippen molar-refractivity contribution in [1.29, 1.82) is 0 Å². The largest absolute Gasteiger partial charge is 0.347 e. The minimum atomic E-state index is 0.0926. The molecule has 5 heteroatoms. The van der Waals surface area contributed by atoms with E-state index in [0.717, 1.165) is 44.0 Å². The number of para-hydroxylation sites is 1. The molecule has 0 saturated heterocycles. The van der Waals surface area contributed by atoms with Crippen LogP contribution in [0.2, 0.25) is 0 Å². The first-order valence-corrected chi connectivity index (χ1v) is 7.97. The van der Waals surface area contributed by atoms with Crippen LogP contribution in [0, 0.1) is 0 Å². The van der Waals surface area contributed by atoms with Crippen LogP contribution >= 0.6 is 0 Å². The van der Waals surface area contributed by atoms with E-state index in [1.165, 1.54) is 5.56 Å². The van der Waals surface area contributed by atoms with Crippen molar-refractivity contribution in [2.75, 3.05) is 38.6 Å². The molecule has 0 spiro atoms. The lowest BCUT2D eigenvalue weighted by atomic mass is 10.2. The summed E-state index contributed by atoms with van der Waals surface area (Å²) in [6.45, 7) is 4.15. The monoisotopic (exact) mass is 302 g/mol. The highest BCUT2D eigenvalue weighted by Gasteiger charge is 2.24. The maximum atomic E-state index is 12.5. The number of amides is 1. The zero-order chi connectivity index (χ0) is 15.9. The summed E-state index contributed by atoms with van der Waals surface area (Å²) in [5.41, 5.74) is 2.30. The van der Waals surface area contributed by atoms with Crippen LogP contribution in [-0.4, -0.2) is 50.5 Å². The normalized spacial score (nSPS) is 14.0. The lowest BCUT2D eigenvalue weighted by Crippen LogP contribution is -2.45. The van der Waals surface area contributed by atoms with Crippen LogP contribution in [0.5, 0.6) is 0 Å². The molecule has 1 heterocycles. The van der Waals surface area contributed by atoms with E-state index in [1.807, 2.05) is 30.1 Å². The summed E-state index contributed by atoms with van der Waals surface area (Å²) in [6.07, 6.45) is 3.20. The van der Waals surface area contributed by atoms with Gasteiger partial charge in [0.2, 0.25) is 5.91 Å². The van der Waals surface area contributed by atoms with Crippen molar-refractivity contribution in [3.8, 4) is 0 Å². The third-order valence-corrected chi connectivity index (χ3v) is 4.01. The molecular weight excluding hydrogens is 276 g/mol. The number of unbranched alkanes of at least 4 members (excludes halogenated alkanes) is 1. The number of benzene rings is 1. The smallest absolute Gasteiger partial charge is 0.246 e. The molecule has 0 atom stereocenters. The number of carbonyl (C=O) groups excluding carboxylic acids is 1. The van der Waals surface area contributed by atoms with Gasteiger partial charge in [0.05, 0.1) is 6.54 Å². The number of nitrogens with zero attached hydrogens (tertiary/aromatic N) is 3. The standard InChI is InChI=1S/C17H26N4O/c1-4-5-11-20(3)17(18-2)19-13-16(22)21-12-10-14-8-6-7-9-15(14)21/h6-9H,4-5,10-13H2,1-3H3,(H,18,19). The van der Waals surface area contributed by atoms with Crippen LogP contribution in [0.25, 0.3) is 0 Å². The van der Waals surface area contributed by atoms with Gasteiger partial charge in [0.1, 0.15) is 0 Å². The average Bonchev–Trinajstić information content (AvgIpc) is 2.97. The molecule has 1 aliphatic heterocycles. The number of fused-ring (bicyclic) bond motifs is 1. The molecule has 2 rings (SSSR count). The molecule has 0 unspecified atom stereocenters. The van der Waals surface area contributed by atoms with Crippen molar-refractivity contribution in [3.63, 3.8) is 0 Å². The second-order valence-electron chi connectivity index (χ2n) is 5.60. The summed E-state index contributed by atoms with van der Waals surface area (Å²) >= 11 is 0. The van der Waals surface area contributed by atoms with Gasteiger partial charge in [-0.1, -0.05) is 31.5 Å². The number of rotatable bonds is 5. The van der Waals surface area contributed by atoms with Gasteiger partial charge in [-0.3, -0.25) is 9.79 Å². The highest BCUT2D eigenvalue weighted by Crippen LogP contribution is 2.27. The molecule has 1 N–H and O–H groups in total. The predicted octanol–water partition coefficient (Wildman–Crippen LogP) is 1.88. The van der Waals surface area contributed by atoms with E-state index in [2.05, 4.69) is 28.2 Å². The van der Waals surface area contributed by atoms with Crippen LogP contribution in [0.3, 0.4) is 0 Å². The van der Waals surface area contributed by atoms with Gasteiger partial charge in [-0.25, -0.2) is 0 Å². The molecule has 0 bridgehead atoms. The summed E-state index contributed by atoms with van der Waals surface area (Å²) in [7, 11) is 3.75. The van der Waals surface area contributed by atoms with E-state index in [1.54, 1.807) is 7.05 Å². The maximum Gasteiger partial charge on any atom is 0.246 e. The topological polar surface area (TPSA) is 47.9 Å². The summed E-state index contributed by atoms with van der Waals surface area (Å²) in [6, 6.07) is 8.11. The number of carbonyl (C=O) groups is 1. The lowest BCUT2D eigenvalue weighted by Gasteiger charge is -2.23. The van der Waals surface area contributed by atoms with Crippen molar-refractivity contribution >= 4 is 17.6 Å². The van der Waals surface area contributed by atoms with Crippen LogP contribution in [0.15, 0.2) is 29.3 Å². The van der Waals surface area contributed by atoms with Crippen molar-refractivity contribution < 1.29 is 4.79 Å². The highest BCUT2D eigenvalue weighted by atomic mass is 16.2. The molecule has 0 saturated carbocycles. The number of aliphatic imine (C=N–C) groups is 1. The summed E-state index contributed by atoms with van der Waals surface area (Å²) in [5, 5.41) is 3.17. The number of guanidine groups is 1. The molecule has 120 valence electrons. The first-order valence-electron chi connectivity index (χ1n) is 7.97. The Morgan fingerprint density at radius 3 is 2.91 bits per heavy atom. The zero-order valence-corrected chi connectivity index (χ0v) is 13.8. The minimum absolute atomic E-state index is 0.0926. The fourth-order valence-corrected chi connectivity index (χ4v) is 2.73. The van der Waals surface area contributed by atoms with Gasteiger partial charge < -0.3 is 15.1 Å². The predicted molar refractivity (Wildman–Crippen MR) is 91.4 cm³/mol. The quantitative estimate of drug-likeness (QED) is 0.667. The molecule has 5 nitrogen and oxygen atoms in total. The Morgan fingerprint density at radius 1 is 1.41 bits per heavy atom. The summed E-state index contributed by atoms with van der Waals surface area (Å²) < 4.78 is 0. The Hall–Kier alpha value is -2.04. The highest BCUT2D eigenvalue weighted by molar-refractivity contribution is 5.98. The third-order valence-electron chi connectivity index (χ3n) is 4.01. The van der Waals surface area contributed by atoms with E-state index < -0.39 is 0 Å². The second-order valence-corrected chi connectivity index (χ2v) is 5.60. The van der Waals surface area contributed by atoms with Gasteiger partial charge in [-0.2, -0.15) is 0 Å². The minimum Gasteiger partial charge on any atom is -0.347 e. The Balaban J connectivity index is 1.90. The first-order chi connectivity index (χ1) is 10.7. The van der Waals surface area contributed by atoms with Crippen LogP contribution in [0.4, 0.5) is 5.69 Å². The number of hydrogen-bond donors (Lipinski definition) is 1. The molecule has 1 aromatic rings. The van der Waals surface area contributed by atoms with Crippen molar-refractivity contribution in [2.24, 2.45) is 4.99 Å². The molecule has 0 aliphatic carbocycles. The average molecular weight is 302 g/mol. The van der Waals surface area contributed by atoms with Crippen LogP contribution in [-0.2, 0) is 11.2 Å². The zero-order valence-electron chi connectivity index (χ0n) is 13.8. The first kappa shape index (κ1) is 16.3. The third kappa shape index (κ3) is 3.78. The summed E-state index contributed by atoms with van der Waals surface area (Å²) in [5.74, 6) is 0.865. The Bertz CT molecular complexity index is 541. The van der Waals surface area contributed by atoms with Crippen LogP contribution < -0.4 is 10.2 Å². The molecule has 22 heavy (non-hydrogen) atoms. The van der Waals surface area contributed by atoms with Crippen molar-refractivity contribution in [1.82, 2.24) is 10.2 Å². The van der Waals surface area contributed by atoms with Gasteiger partial charge in [-0.05, 0) is 24.5 Å². The molecular formula is C17H26N4O. The molecule has 1 aromatic carbocycles. The Morgan fingerprint density at radius 2 is 2.18 bits per heavy atom. The van der Waals surface area contributed by atoms with Gasteiger partial charge in [-0.15, -0.1) is 0 Å². The molecule has 0 fully saturated rings. The molecule has 1 aliphatic rings. The SMILES string of the molecule is CCCCN(C)C(=NC)NCC(=O)N1CCc2ccccc21. The van der Waals surface area contributed by atoms with E-state index >= 15 is 0 Å². The number of nitrogens with one attached hydrogen (secondary N) is 1. The lowest BCUT2D eigenvalue weighted by molar-refractivity contribution is -0.117. The Labute approximate surface area is 133 Å². The van der Waals surface area contributed by atoms with Gasteiger partial charge in [0.15, 0.2) is 5.96 Å². The van der Waals surface area contributed by atoms with Crippen LogP contribution in [0.1, 0.15) is 25.3 Å².